The van der Waals surface area contributed by atoms with E-state index in [1.54, 1.807) is 79.0 Å². The van der Waals surface area contributed by atoms with Crippen molar-refractivity contribution in [3.05, 3.63) is 167 Å². The minimum atomic E-state index is -4.44. The molecular formula is C56H67N13O12S2. The summed E-state index contributed by atoms with van der Waals surface area (Å²) in [6.07, 6.45) is 0.813. The molecule has 27 heteroatoms. The molecule has 1 heterocycles. The number of benzene rings is 5. The number of carbonyl (C=O) groups excluding carboxylic acids is 6. The van der Waals surface area contributed by atoms with Gasteiger partial charge < -0.3 is 54.3 Å². The Bertz CT molecular complexity index is 3510. The van der Waals surface area contributed by atoms with Crippen molar-refractivity contribution in [3.8, 4) is 11.1 Å². The number of nitrogens with one attached hydrogen (secondary N) is 9. The summed E-state index contributed by atoms with van der Waals surface area (Å²) in [5, 5.41) is 35.1. The van der Waals surface area contributed by atoms with Gasteiger partial charge in [0.15, 0.2) is 5.75 Å². The Balaban J connectivity index is 0.000000304. The number of nitrogens with two attached hydrogens (primary N) is 4. The van der Waals surface area contributed by atoms with Crippen LogP contribution in [0, 0.1) is 10.8 Å². The molecule has 0 spiro atoms. The van der Waals surface area contributed by atoms with Crippen LogP contribution >= 0.6 is 0 Å². The monoisotopic (exact) mass is 1180 g/mol. The van der Waals surface area contributed by atoms with Crippen molar-refractivity contribution in [1.82, 2.24) is 35.7 Å². The predicted octanol–water partition coefficient (Wildman–Crippen LogP) is 0.989. The molecular weight excluding hydrogens is 1110 g/mol. The zero-order valence-corrected chi connectivity index (χ0v) is 46.8. The van der Waals surface area contributed by atoms with Crippen LogP contribution in [0.2, 0.25) is 0 Å². The van der Waals surface area contributed by atoms with E-state index >= 15 is 0 Å². The van der Waals surface area contributed by atoms with Crippen molar-refractivity contribution < 1.29 is 55.5 Å². The number of fused-ring (bicyclic) bond motifs is 1. The SMILES string of the molecule is CCS(=O)(=O)N[C@H](Cc1ccc(-c2ccccc2)cc1)C(=O)N[C@@H](CCC(N)=O)C(=O)NCc1ccc(C(=N)N)cc1.N=C(N)c1ccc(CNC(=O)[C@H](CCC(N)=O)NC(=O)[C@@H](Cc2c[nH]c3ccccc23)NS(=O)(=O)CC(=O)O)cc1. The van der Waals surface area contributed by atoms with E-state index in [0.717, 1.165) is 27.6 Å². The third-order valence-electron chi connectivity index (χ3n) is 12.7. The molecule has 0 fully saturated rings. The van der Waals surface area contributed by atoms with Crippen molar-refractivity contribution in [2.45, 2.75) is 82.7 Å². The maximum Gasteiger partial charge on any atom is 0.320 e. The summed E-state index contributed by atoms with van der Waals surface area (Å²) in [6, 6.07) is 32.4. The number of carboxylic acids is 1. The number of aromatic amines is 1. The van der Waals surface area contributed by atoms with Gasteiger partial charge in [-0.05, 0) is 72.1 Å². The van der Waals surface area contributed by atoms with Crippen molar-refractivity contribution >= 4 is 84.0 Å². The van der Waals surface area contributed by atoms with Gasteiger partial charge in [0.05, 0.1) is 5.75 Å². The van der Waals surface area contributed by atoms with Crippen LogP contribution in [0.4, 0.5) is 0 Å². The molecule has 18 N–H and O–H groups in total. The van der Waals surface area contributed by atoms with Crippen LogP contribution in [-0.2, 0) is 79.5 Å². The van der Waals surface area contributed by atoms with E-state index < -0.39 is 91.4 Å². The van der Waals surface area contributed by atoms with E-state index in [2.05, 4.69) is 35.7 Å². The maximum atomic E-state index is 13.4. The molecule has 0 saturated heterocycles. The van der Waals surface area contributed by atoms with Crippen molar-refractivity contribution in [3.63, 3.8) is 0 Å². The number of nitrogen functional groups attached to an aromatic ring is 2. The number of primary amides is 2. The van der Waals surface area contributed by atoms with E-state index in [1.165, 1.54) is 6.92 Å². The molecule has 0 bridgehead atoms. The van der Waals surface area contributed by atoms with Crippen LogP contribution < -0.4 is 53.6 Å². The molecule has 6 amide bonds. The molecule has 4 atom stereocenters. The number of rotatable bonds is 30. The van der Waals surface area contributed by atoms with Gasteiger partial charge >= 0.3 is 5.97 Å². The van der Waals surface area contributed by atoms with Crippen molar-refractivity contribution in [2.75, 3.05) is 11.5 Å². The first-order chi connectivity index (χ1) is 39.3. The number of para-hydroxylation sites is 1. The summed E-state index contributed by atoms with van der Waals surface area (Å²) in [4.78, 5) is 89.9. The Hall–Kier alpha value is -9.31. The topological polar surface area (TPSA) is 448 Å². The zero-order valence-electron chi connectivity index (χ0n) is 45.1. The molecule has 0 aliphatic rings. The van der Waals surface area contributed by atoms with Gasteiger partial charge in [-0.15, -0.1) is 0 Å². The lowest BCUT2D eigenvalue weighted by molar-refractivity contribution is -0.134. The Labute approximate surface area is 479 Å². The predicted molar refractivity (Wildman–Crippen MR) is 312 cm³/mol. The Morgan fingerprint density at radius 1 is 0.530 bits per heavy atom. The molecule has 0 saturated carbocycles. The van der Waals surface area contributed by atoms with Crippen LogP contribution in [-0.4, -0.2) is 116 Å². The van der Waals surface area contributed by atoms with E-state index in [9.17, 15) is 50.4 Å². The highest BCUT2D eigenvalue weighted by Gasteiger charge is 2.32. The van der Waals surface area contributed by atoms with Crippen LogP contribution in [0.25, 0.3) is 22.0 Å². The third-order valence-corrected chi connectivity index (χ3v) is 15.3. The number of aromatic nitrogens is 1. The van der Waals surface area contributed by atoms with Crippen LogP contribution in [0.1, 0.15) is 66.0 Å². The third kappa shape index (κ3) is 21.3. The smallest absolute Gasteiger partial charge is 0.320 e. The number of aliphatic carboxylic acids is 1. The van der Waals surface area contributed by atoms with Crippen LogP contribution in [0.15, 0.2) is 134 Å². The number of H-pyrrole nitrogens is 1. The second-order valence-corrected chi connectivity index (χ2v) is 22.8. The maximum absolute atomic E-state index is 13.4. The molecule has 5 aromatic carbocycles. The van der Waals surface area contributed by atoms with Gasteiger partial charge in [-0.2, -0.15) is 0 Å². The first-order valence-electron chi connectivity index (χ1n) is 25.8. The molecule has 83 heavy (non-hydrogen) atoms. The fourth-order valence-corrected chi connectivity index (χ4v) is 10.0. The zero-order chi connectivity index (χ0) is 60.9. The molecule has 6 rings (SSSR count). The highest BCUT2D eigenvalue weighted by molar-refractivity contribution is 7.90. The lowest BCUT2D eigenvalue weighted by atomic mass is 10.0. The summed E-state index contributed by atoms with van der Waals surface area (Å²) in [6.45, 7) is 1.61. The van der Waals surface area contributed by atoms with Gasteiger partial charge in [0.25, 0.3) is 0 Å². The number of amides is 6. The summed E-state index contributed by atoms with van der Waals surface area (Å²) < 4.78 is 54.4. The number of hydrogen-bond donors (Lipinski definition) is 14. The molecule has 0 radical (unpaired) electrons. The Kier molecular flexibility index (Phi) is 23.7. The minimum Gasteiger partial charge on any atom is -0.480 e. The van der Waals surface area contributed by atoms with Gasteiger partial charge in [-0.3, -0.25) is 44.4 Å². The highest BCUT2D eigenvalue weighted by Crippen LogP contribution is 2.22. The van der Waals surface area contributed by atoms with Crippen molar-refractivity contribution in [2.24, 2.45) is 22.9 Å². The van der Waals surface area contributed by atoms with Crippen molar-refractivity contribution in [1.29, 1.82) is 10.8 Å². The van der Waals surface area contributed by atoms with Gasteiger partial charge in [-0.1, -0.05) is 121 Å². The average Bonchev–Trinajstić information content (AvgIpc) is 4.16. The van der Waals surface area contributed by atoms with Gasteiger partial charge in [0.2, 0.25) is 55.5 Å². The van der Waals surface area contributed by atoms with E-state index in [1.807, 2.05) is 54.6 Å². The highest BCUT2D eigenvalue weighted by atomic mass is 32.2. The minimum absolute atomic E-state index is 0.0345. The molecule has 1 aromatic heterocycles. The molecule has 6 aromatic rings. The second-order valence-electron chi connectivity index (χ2n) is 19.0. The molecule has 0 aliphatic carbocycles. The van der Waals surface area contributed by atoms with Crippen LogP contribution in [0.3, 0.4) is 0 Å². The second kappa shape index (κ2) is 30.5. The molecule has 0 unspecified atom stereocenters. The van der Waals surface area contributed by atoms with E-state index in [-0.39, 0.29) is 69.0 Å². The number of amidine groups is 2. The molecule has 0 aliphatic heterocycles. The van der Waals surface area contributed by atoms with Gasteiger partial charge in [-0.25, -0.2) is 26.3 Å². The van der Waals surface area contributed by atoms with Gasteiger partial charge in [0.1, 0.15) is 35.8 Å². The van der Waals surface area contributed by atoms with Crippen LogP contribution in [0.5, 0.6) is 0 Å². The van der Waals surface area contributed by atoms with E-state index in [0.29, 0.717) is 27.8 Å². The summed E-state index contributed by atoms with van der Waals surface area (Å²) in [5.41, 5.74) is 27.9. The summed E-state index contributed by atoms with van der Waals surface area (Å²) in [5.74, 6) is -7.52. The summed E-state index contributed by atoms with van der Waals surface area (Å²) in [7, 11) is -8.22. The summed E-state index contributed by atoms with van der Waals surface area (Å²) >= 11 is 0. The fraction of sp³-hybridized carbons (Fsp3) is 0.268. The number of hydrogen-bond acceptors (Lipinski definition) is 13. The first-order valence-corrected chi connectivity index (χ1v) is 29.1. The molecule has 25 nitrogen and oxygen atoms in total. The van der Waals surface area contributed by atoms with Gasteiger partial charge in [0, 0.05) is 54.2 Å². The Morgan fingerprint density at radius 3 is 1.42 bits per heavy atom. The standard InChI is InChI=1S/C30H36N6O5S.C26H31N7O7S/c1-2-42(40,41)36-26(18-20-8-12-23(13-9-20)22-6-4-3-5-7-22)30(39)35-25(16-17-27(31)37)29(38)34-19-21-10-14-24(15-11-21)28(32)33;27-22(34)10-9-20(25(37)31-12-15-5-7-16(8-6-15)24(28)29)32-26(38)21(33-41(39,40)14-23(35)36)11-17-13-30-19-4-2-1-3-18(17)19/h3-15,25-26,36H,2,16-19H2,1H3,(H2,31,37)(H3,32,33)(H,34,38)(H,35,39);1-8,13,20-21,30,33H,9-12,14H2,(H2,27,34)(H3,28,29)(H,31,37)(H,32,38)(H,35,36)/t25-,26+;20-,21+/m00/s1. The first kappa shape index (κ1) is 64.5. The largest absolute Gasteiger partial charge is 0.480 e. The lowest BCUT2D eigenvalue weighted by Gasteiger charge is -2.23. The molecule has 440 valence electrons. The normalized spacial score (nSPS) is 12.7. The number of carboxylic acid groups (broad SMARTS) is 1. The Morgan fingerprint density at radius 2 is 0.964 bits per heavy atom. The average molecular weight is 1180 g/mol. The fourth-order valence-electron chi connectivity index (χ4n) is 8.20. The number of carbonyl (C=O) groups is 7. The van der Waals surface area contributed by atoms with E-state index in [4.69, 9.17) is 38.9 Å². The quantitative estimate of drug-likeness (QED) is 0.0221. The lowest BCUT2D eigenvalue weighted by Crippen LogP contribution is -2.55. The number of sulfonamides is 2.